The predicted octanol–water partition coefficient (Wildman–Crippen LogP) is 2.14. The molecule has 0 aliphatic carbocycles. The molecule has 0 radical (unpaired) electrons. The van der Waals surface area contributed by atoms with Gasteiger partial charge < -0.3 is 15.9 Å². The monoisotopic (exact) mass is 241 g/mol. The highest BCUT2D eigenvalue weighted by atomic mass is 16.3. The topological polar surface area (TPSA) is 66.5 Å². The van der Waals surface area contributed by atoms with E-state index >= 15 is 0 Å². The molecule has 4 N–H and O–H groups in total. The van der Waals surface area contributed by atoms with Crippen molar-refractivity contribution in [2.75, 3.05) is 6.61 Å². The second-order valence-electron chi connectivity index (χ2n) is 4.35. The molecular formula is C14H27NO2. The molecule has 0 rings (SSSR count). The SMILES string of the molecule is CCCCCCCC=CC=C[C@@H](O)[C@@H](N)CO. The number of unbranched alkanes of at least 4 members (excludes halogenated alkanes) is 5. The summed E-state index contributed by atoms with van der Waals surface area (Å²) in [5.74, 6) is 0. The molecule has 17 heavy (non-hydrogen) atoms. The van der Waals surface area contributed by atoms with Gasteiger partial charge in [0.1, 0.15) is 0 Å². The molecule has 2 atom stereocenters. The van der Waals surface area contributed by atoms with Crippen LogP contribution in [-0.4, -0.2) is 29.0 Å². The normalized spacial score (nSPS) is 15.8. The van der Waals surface area contributed by atoms with E-state index in [9.17, 15) is 5.11 Å². The summed E-state index contributed by atoms with van der Waals surface area (Å²) in [6.07, 6.45) is 14.2. The van der Waals surface area contributed by atoms with Crippen molar-refractivity contribution in [3.63, 3.8) is 0 Å². The molecule has 0 spiro atoms. The maximum absolute atomic E-state index is 9.41. The van der Waals surface area contributed by atoms with Crippen LogP contribution in [0.1, 0.15) is 45.4 Å². The van der Waals surface area contributed by atoms with Crippen LogP contribution in [0.2, 0.25) is 0 Å². The number of aliphatic hydroxyl groups is 2. The Kier molecular flexibility index (Phi) is 11.4. The average molecular weight is 241 g/mol. The summed E-state index contributed by atoms with van der Waals surface area (Å²) < 4.78 is 0. The fourth-order valence-corrected chi connectivity index (χ4v) is 1.47. The van der Waals surface area contributed by atoms with Crippen LogP contribution in [0.4, 0.5) is 0 Å². The summed E-state index contributed by atoms with van der Waals surface area (Å²) in [7, 11) is 0. The quantitative estimate of drug-likeness (QED) is 0.405. The molecule has 0 aliphatic rings. The van der Waals surface area contributed by atoms with Crippen LogP contribution in [0, 0.1) is 0 Å². The highest BCUT2D eigenvalue weighted by molar-refractivity contribution is 5.06. The third kappa shape index (κ3) is 10.2. The molecule has 3 heteroatoms. The molecule has 0 fully saturated rings. The molecule has 0 unspecified atom stereocenters. The molecule has 0 saturated carbocycles. The first-order valence-electron chi connectivity index (χ1n) is 6.60. The Labute approximate surface area is 105 Å². The standard InChI is InChI=1S/C14H27NO2/c1-2-3-4-5-6-7-8-9-10-11-14(17)13(15)12-16/h8-11,13-14,16-17H,2-7,12,15H2,1H3/t13-,14+/m0/s1. The van der Waals surface area contributed by atoms with Crippen molar-refractivity contribution in [3.05, 3.63) is 24.3 Å². The lowest BCUT2D eigenvalue weighted by molar-refractivity contribution is 0.144. The first-order valence-corrected chi connectivity index (χ1v) is 6.60. The zero-order valence-electron chi connectivity index (χ0n) is 10.9. The van der Waals surface area contributed by atoms with Crippen LogP contribution in [0.3, 0.4) is 0 Å². The Morgan fingerprint density at radius 3 is 2.47 bits per heavy atom. The molecule has 0 aromatic rings. The number of hydrogen-bond donors (Lipinski definition) is 3. The zero-order valence-corrected chi connectivity index (χ0v) is 10.9. The first-order chi connectivity index (χ1) is 8.22. The highest BCUT2D eigenvalue weighted by Gasteiger charge is 2.08. The van der Waals surface area contributed by atoms with Gasteiger partial charge in [-0.3, -0.25) is 0 Å². The zero-order chi connectivity index (χ0) is 12.9. The van der Waals surface area contributed by atoms with Gasteiger partial charge in [0.25, 0.3) is 0 Å². The second kappa shape index (κ2) is 11.8. The summed E-state index contributed by atoms with van der Waals surface area (Å²) in [4.78, 5) is 0. The largest absolute Gasteiger partial charge is 0.395 e. The molecule has 100 valence electrons. The van der Waals surface area contributed by atoms with Gasteiger partial charge in [-0.05, 0) is 12.8 Å². The van der Waals surface area contributed by atoms with Crippen molar-refractivity contribution < 1.29 is 10.2 Å². The van der Waals surface area contributed by atoms with E-state index in [1.165, 1.54) is 32.1 Å². The summed E-state index contributed by atoms with van der Waals surface area (Å²) in [6, 6.07) is -0.589. The minimum Gasteiger partial charge on any atom is -0.395 e. The van der Waals surface area contributed by atoms with Crippen LogP contribution in [0.15, 0.2) is 24.3 Å². The highest BCUT2D eigenvalue weighted by Crippen LogP contribution is 2.05. The van der Waals surface area contributed by atoms with Gasteiger partial charge in [0.05, 0.1) is 18.8 Å². The smallest absolute Gasteiger partial charge is 0.0897 e. The van der Waals surface area contributed by atoms with E-state index in [-0.39, 0.29) is 6.61 Å². The van der Waals surface area contributed by atoms with Crippen molar-refractivity contribution in [1.29, 1.82) is 0 Å². The summed E-state index contributed by atoms with van der Waals surface area (Å²) >= 11 is 0. The van der Waals surface area contributed by atoms with Crippen LogP contribution in [0.25, 0.3) is 0 Å². The number of rotatable bonds is 10. The third-order valence-corrected chi connectivity index (χ3v) is 2.68. The molecule has 0 aliphatic heterocycles. The van der Waals surface area contributed by atoms with Crippen LogP contribution < -0.4 is 5.73 Å². The molecule has 0 aromatic carbocycles. The van der Waals surface area contributed by atoms with E-state index in [0.29, 0.717) is 0 Å². The summed E-state index contributed by atoms with van der Waals surface area (Å²) in [5, 5.41) is 18.1. The van der Waals surface area contributed by atoms with Gasteiger partial charge in [0.2, 0.25) is 0 Å². The lowest BCUT2D eigenvalue weighted by atomic mass is 10.1. The molecule has 0 heterocycles. The van der Waals surface area contributed by atoms with E-state index < -0.39 is 12.1 Å². The van der Waals surface area contributed by atoms with Crippen molar-refractivity contribution in [3.8, 4) is 0 Å². The van der Waals surface area contributed by atoms with Crippen molar-refractivity contribution in [2.24, 2.45) is 5.73 Å². The van der Waals surface area contributed by atoms with Gasteiger partial charge in [-0.2, -0.15) is 0 Å². The summed E-state index contributed by atoms with van der Waals surface area (Å²) in [6.45, 7) is 2.01. The Morgan fingerprint density at radius 2 is 1.82 bits per heavy atom. The third-order valence-electron chi connectivity index (χ3n) is 2.68. The van der Waals surface area contributed by atoms with Crippen LogP contribution in [0.5, 0.6) is 0 Å². The number of allylic oxidation sites excluding steroid dienone is 3. The maximum Gasteiger partial charge on any atom is 0.0897 e. The number of aliphatic hydroxyl groups excluding tert-OH is 2. The predicted molar refractivity (Wildman–Crippen MR) is 72.7 cm³/mol. The summed E-state index contributed by atoms with van der Waals surface area (Å²) in [5.41, 5.74) is 5.45. The minimum atomic E-state index is -0.769. The van der Waals surface area contributed by atoms with Crippen molar-refractivity contribution in [1.82, 2.24) is 0 Å². The fraction of sp³-hybridized carbons (Fsp3) is 0.714. The Morgan fingerprint density at radius 1 is 1.12 bits per heavy atom. The second-order valence-corrected chi connectivity index (χ2v) is 4.35. The number of hydrogen-bond acceptors (Lipinski definition) is 3. The van der Waals surface area contributed by atoms with E-state index in [2.05, 4.69) is 13.0 Å². The van der Waals surface area contributed by atoms with Gasteiger partial charge in [-0.25, -0.2) is 0 Å². The Bertz CT molecular complexity index is 214. The van der Waals surface area contributed by atoms with Gasteiger partial charge in [-0.15, -0.1) is 0 Å². The molecular weight excluding hydrogens is 214 g/mol. The van der Waals surface area contributed by atoms with E-state index in [1.807, 2.05) is 6.08 Å². The van der Waals surface area contributed by atoms with E-state index in [4.69, 9.17) is 10.8 Å². The molecule has 0 amide bonds. The minimum absolute atomic E-state index is 0.202. The van der Waals surface area contributed by atoms with Gasteiger partial charge in [0, 0.05) is 0 Å². The molecule has 0 saturated heterocycles. The molecule has 0 bridgehead atoms. The van der Waals surface area contributed by atoms with Gasteiger partial charge in [-0.1, -0.05) is 56.9 Å². The Hall–Kier alpha value is -0.640. The Balaban J connectivity index is 3.49. The van der Waals surface area contributed by atoms with Gasteiger partial charge in [0.15, 0.2) is 0 Å². The fourth-order valence-electron chi connectivity index (χ4n) is 1.47. The number of nitrogens with two attached hydrogens (primary N) is 1. The van der Waals surface area contributed by atoms with E-state index in [1.54, 1.807) is 12.2 Å². The average Bonchev–Trinajstić information content (AvgIpc) is 2.35. The molecule has 3 nitrogen and oxygen atoms in total. The first kappa shape index (κ1) is 16.4. The lowest BCUT2D eigenvalue weighted by Gasteiger charge is -2.11. The van der Waals surface area contributed by atoms with Gasteiger partial charge >= 0.3 is 0 Å². The van der Waals surface area contributed by atoms with Crippen LogP contribution >= 0.6 is 0 Å². The van der Waals surface area contributed by atoms with Crippen molar-refractivity contribution >= 4 is 0 Å². The lowest BCUT2D eigenvalue weighted by Crippen LogP contribution is -2.36. The van der Waals surface area contributed by atoms with E-state index in [0.717, 1.165) is 6.42 Å². The van der Waals surface area contributed by atoms with Crippen LogP contribution in [-0.2, 0) is 0 Å². The molecule has 0 aromatic heterocycles. The maximum atomic E-state index is 9.41. The van der Waals surface area contributed by atoms with Crippen molar-refractivity contribution in [2.45, 2.75) is 57.6 Å².